The van der Waals surface area contributed by atoms with Gasteiger partial charge < -0.3 is 15.4 Å². The second kappa shape index (κ2) is 10.6. The van der Waals surface area contributed by atoms with Crippen molar-refractivity contribution in [1.82, 2.24) is 25.4 Å². The average molecular weight is 419 g/mol. The molecule has 1 aliphatic carbocycles. The zero-order chi connectivity index (χ0) is 21.3. The Kier molecular flexibility index (Phi) is 7.16. The van der Waals surface area contributed by atoms with Gasteiger partial charge in [-0.3, -0.25) is 4.99 Å². The van der Waals surface area contributed by atoms with E-state index in [1.165, 1.54) is 18.4 Å². The van der Waals surface area contributed by atoms with E-state index < -0.39 is 0 Å². The number of hydrogen-bond donors (Lipinski definition) is 2. The molecule has 0 aliphatic heterocycles. The minimum absolute atomic E-state index is 0.318. The Balaban J connectivity index is 1.22. The summed E-state index contributed by atoms with van der Waals surface area (Å²) in [5, 5.41) is 11.0. The summed E-state index contributed by atoms with van der Waals surface area (Å²) in [4.78, 5) is 8.68. The van der Waals surface area contributed by atoms with Crippen molar-refractivity contribution >= 4 is 5.96 Å². The summed E-state index contributed by atoms with van der Waals surface area (Å²) in [6.45, 7) is 1.47. The number of benzene rings is 1. The van der Waals surface area contributed by atoms with Crippen molar-refractivity contribution in [2.75, 3.05) is 13.6 Å². The first-order valence-corrected chi connectivity index (χ1v) is 11.0. The summed E-state index contributed by atoms with van der Waals surface area (Å²) in [6, 6.07) is 14.4. The summed E-state index contributed by atoms with van der Waals surface area (Å²) in [5.41, 5.74) is 3.45. The highest BCUT2D eigenvalue weighted by Gasteiger charge is 2.17. The highest BCUT2D eigenvalue weighted by Crippen LogP contribution is 2.23. The fourth-order valence-electron chi connectivity index (χ4n) is 3.77. The molecule has 2 N–H and O–H groups in total. The molecule has 0 atom stereocenters. The van der Waals surface area contributed by atoms with Gasteiger partial charge in [-0.25, -0.2) is 9.67 Å². The number of hydrogen-bond acceptors (Lipinski definition) is 4. The van der Waals surface area contributed by atoms with Crippen molar-refractivity contribution in [3.8, 4) is 11.6 Å². The number of aliphatic imine (C=N–C) groups is 1. The van der Waals surface area contributed by atoms with Crippen LogP contribution in [0.25, 0.3) is 5.69 Å². The maximum Gasteiger partial charge on any atom is 0.213 e. The van der Waals surface area contributed by atoms with Crippen LogP contribution in [-0.2, 0) is 13.0 Å². The van der Waals surface area contributed by atoms with E-state index in [1.807, 2.05) is 35.3 Å². The highest BCUT2D eigenvalue weighted by molar-refractivity contribution is 5.79. The van der Waals surface area contributed by atoms with Crippen LogP contribution >= 0.6 is 0 Å². The van der Waals surface area contributed by atoms with Crippen LogP contribution in [0.4, 0.5) is 0 Å². The van der Waals surface area contributed by atoms with Crippen molar-refractivity contribution < 1.29 is 4.74 Å². The summed E-state index contributed by atoms with van der Waals surface area (Å²) in [5.74, 6) is 1.50. The summed E-state index contributed by atoms with van der Waals surface area (Å²) in [6.07, 6.45) is 11.5. The molecule has 0 unspecified atom stereocenters. The fourth-order valence-corrected chi connectivity index (χ4v) is 3.77. The van der Waals surface area contributed by atoms with Gasteiger partial charge in [0.15, 0.2) is 5.96 Å². The normalized spacial score (nSPS) is 14.5. The first-order valence-electron chi connectivity index (χ1n) is 11.0. The second-order valence-corrected chi connectivity index (χ2v) is 7.75. The van der Waals surface area contributed by atoms with Crippen molar-refractivity contribution in [1.29, 1.82) is 0 Å². The van der Waals surface area contributed by atoms with Crippen LogP contribution < -0.4 is 15.4 Å². The largest absolute Gasteiger partial charge is 0.474 e. The summed E-state index contributed by atoms with van der Waals surface area (Å²) >= 11 is 0. The molecule has 2 heterocycles. The molecule has 1 saturated carbocycles. The van der Waals surface area contributed by atoms with Gasteiger partial charge in [-0.1, -0.05) is 12.1 Å². The SMILES string of the molecule is CN=C(NCCc1ccc(-n2cccn2)cc1)NCc1ccnc(OC2CCCC2)c1. The van der Waals surface area contributed by atoms with E-state index >= 15 is 0 Å². The molecule has 162 valence electrons. The molecule has 1 aliphatic rings. The second-order valence-electron chi connectivity index (χ2n) is 7.75. The van der Waals surface area contributed by atoms with E-state index in [4.69, 9.17) is 4.74 Å². The van der Waals surface area contributed by atoms with E-state index in [9.17, 15) is 0 Å². The first kappa shape index (κ1) is 20.9. The number of nitrogens with one attached hydrogen (secondary N) is 2. The molecular formula is C24H30N6O. The van der Waals surface area contributed by atoms with Gasteiger partial charge in [-0.15, -0.1) is 0 Å². The molecular weight excluding hydrogens is 388 g/mol. The van der Waals surface area contributed by atoms with Gasteiger partial charge in [0.2, 0.25) is 5.88 Å². The van der Waals surface area contributed by atoms with Crippen LogP contribution in [0.5, 0.6) is 5.88 Å². The van der Waals surface area contributed by atoms with Crippen LogP contribution in [0.3, 0.4) is 0 Å². The number of aromatic nitrogens is 3. The van der Waals surface area contributed by atoms with Gasteiger partial charge in [-0.2, -0.15) is 5.10 Å². The summed E-state index contributed by atoms with van der Waals surface area (Å²) < 4.78 is 7.86. The molecule has 31 heavy (non-hydrogen) atoms. The van der Waals surface area contributed by atoms with Gasteiger partial charge in [0.05, 0.1) is 5.69 Å². The minimum atomic E-state index is 0.318. The topological polar surface area (TPSA) is 76.4 Å². The molecule has 0 bridgehead atoms. The van der Waals surface area contributed by atoms with Gasteiger partial charge >= 0.3 is 0 Å². The molecule has 2 aromatic heterocycles. The molecule has 1 fully saturated rings. The van der Waals surface area contributed by atoms with Crippen LogP contribution in [-0.4, -0.2) is 40.4 Å². The molecule has 0 amide bonds. The maximum absolute atomic E-state index is 6.00. The predicted molar refractivity (Wildman–Crippen MR) is 123 cm³/mol. The van der Waals surface area contributed by atoms with Gasteiger partial charge in [0.25, 0.3) is 0 Å². The molecule has 4 rings (SSSR count). The Hall–Kier alpha value is -3.35. The highest BCUT2D eigenvalue weighted by atomic mass is 16.5. The van der Waals surface area contributed by atoms with Crippen molar-refractivity contribution in [3.05, 3.63) is 72.2 Å². The van der Waals surface area contributed by atoms with E-state index in [1.54, 1.807) is 13.2 Å². The lowest BCUT2D eigenvalue weighted by Crippen LogP contribution is -2.37. The molecule has 7 heteroatoms. The molecule has 0 radical (unpaired) electrons. The van der Waals surface area contributed by atoms with Gasteiger partial charge in [0.1, 0.15) is 6.10 Å². The minimum Gasteiger partial charge on any atom is -0.474 e. The van der Waals surface area contributed by atoms with Crippen molar-refractivity contribution in [3.63, 3.8) is 0 Å². The van der Waals surface area contributed by atoms with Crippen LogP contribution in [0.2, 0.25) is 0 Å². The quantitative estimate of drug-likeness (QED) is 0.433. The average Bonchev–Trinajstić information content (AvgIpc) is 3.51. The summed E-state index contributed by atoms with van der Waals surface area (Å²) in [7, 11) is 1.79. The molecule has 7 nitrogen and oxygen atoms in total. The lowest BCUT2D eigenvalue weighted by atomic mass is 10.1. The Morgan fingerprint density at radius 2 is 1.94 bits per heavy atom. The Labute approximate surface area is 183 Å². The van der Waals surface area contributed by atoms with E-state index in [2.05, 4.69) is 50.0 Å². The van der Waals surface area contributed by atoms with Gasteiger partial charge in [0, 0.05) is 44.8 Å². The van der Waals surface area contributed by atoms with Crippen molar-refractivity contribution in [2.45, 2.75) is 44.8 Å². The number of nitrogens with zero attached hydrogens (tertiary/aromatic N) is 4. The lowest BCUT2D eigenvalue weighted by Gasteiger charge is -2.14. The predicted octanol–water partition coefficient (Wildman–Crippen LogP) is 3.50. The number of ether oxygens (including phenoxy) is 1. The molecule has 1 aromatic carbocycles. The third-order valence-electron chi connectivity index (χ3n) is 5.48. The standard InChI is InChI=1S/C24H30N6O/c1-25-24(27-15-11-19-7-9-21(10-8-19)30-16-4-13-29-30)28-18-20-12-14-26-23(17-20)31-22-5-2-3-6-22/h4,7-10,12-14,16-17,22H,2-3,5-6,11,15,18H2,1H3,(H2,25,27,28). The Morgan fingerprint density at radius 3 is 2.68 bits per heavy atom. The number of rotatable bonds is 8. The molecule has 3 aromatic rings. The monoisotopic (exact) mass is 418 g/mol. The number of guanidine groups is 1. The number of pyridine rings is 1. The van der Waals surface area contributed by atoms with Gasteiger partial charge in [-0.05, 0) is 67.5 Å². The first-order chi connectivity index (χ1) is 15.3. The van der Waals surface area contributed by atoms with E-state index in [0.717, 1.165) is 43.0 Å². The van der Waals surface area contributed by atoms with Crippen LogP contribution in [0.1, 0.15) is 36.8 Å². The Bertz CT molecular complexity index is 962. The lowest BCUT2D eigenvalue weighted by molar-refractivity contribution is 0.201. The molecule has 0 spiro atoms. The zero-order valence-electron chi connectivity index (χ0n) is 18.0. The third-order valence-corrected chi connectivity index (χ3v) is 5.48. The van der Waals surface area contributed by atoms with E-state index in [0.29, 0.717) is 18.5 Å². The maximum atomic E-state index is 6.00. The zero-order valence-corrected chi connectivity index (χ0v) is 18.0. The van der Waals surface area contributed by atoms with Crippen molar-refractivity contribution in [2.24, 2.45) is 4.99 Å². The third kappa shape index (κ3) is 6.07. The van der Waals surface area contributed by atoms with Crippen LogP contribution in [0.15, 0.2) is 66.0 Å². The smallest absolute Gasteiger partial charge is 0.213 e. The molecule has 0 saturated heterocycles. The van der Waals surface area contributed by atoms with E-state index in [-0.39, 0.29) is 0 Å². The fraction of sp³-hybridized carbons (Fsp3) is 0.375. The van der Waals surface area contributed by atoms with Crippen LogP contribution in [0, 0.1) is 0 Å². The Morgan fingerprint density at radius 1 is 1.10 bits per heavy atom.